The monoisotopic (exact) mass is 473 g/mol. The van der Waals surface area contributed by atoms with Crippen molar-refractivity contribution in [2.45, 2.75) is 51.6 Å². The molecule has 1 aliphatic heterocycles. The molecule has 0 saturated carbocycles. The molecule has 2 N–H and O–H groups in total. The molecule has 0 atom stereocenters. The van der Waals surface area contributed by atoms with Crippen molar-refractivity contribution in [1.82, 2.24) is 29.7 Å². The predicted molar refractivity (Wildman–Crippen MR) is 132 cm³/mol. The topological polar surface area (TPSA) is 107 Å². The van der Waals surface area contributed by atoms with E-state index >= 15 is 0 Å². The van der Waals surface area contributed by atoms with E-state index in [1.54, 1.807) is 22.3 Å². The quantitative estimate of drug-likeness (QED) is 0.519. The largest absolute Gasteiger partial charge is 0.351 e. The fourth-order valence-corrected chi connectivity index (χ4v) is 4.93. The van der Waals surface area contributed by atoms with Crippen LogP contribution in [0.3, 0.4) is 0 Å². The highest BCUT2D eigenvalue weighted by atomic mass is 16.2. The highest BCUT2D eigenvalue weighted by Crippen LogP contribution is 2.24. The van der Waals surface area contributed by atoms with Crippen LogP contribution in [0.25, 0.3) is 0 Å². The third kappa shape index (κ3) is 5.50. The van der Waals surface area contributed by atoms with Crippen molar-refractivity contribution in [2.75, 3.05) is 25.0 Å². The zero-order valence-corrected chi connectivity index (χ0v) is 20.0. The molecular weight excluding hydrogens is 442 g/mol. The van der Waals surface area contributed by atoms with E-state index < -0.39 is 0 Å². The first-order valence-corrected chi connectivity index (χ1v) is 12.2. The summed E-state index contributed by atoms with van der Waals surface area (Å²) in [5.74, 6) is 0.521. The molecule has 9 heteroatoms. The Morgan fingerprint density at radius 1 is 1.17 bits per heavy atom. The highest BCUT2D eigenvalue weighted by molar-refractivity contribution is 5.84. The number of hydrogen-bond donors (Lipinski definition) is 2. The van der Waals surface area contributed by atoms with Gasteiger partial charge in [-0.3, -0.25) is 9.59 Å². The maximum Gasteiger partial charge on any atom is 0.242 e. The van der Waals surface area contributed by atoms with Crippen LogP contribution < -0.4 is 5.32 Å². The number of imidazole rings is 1. The summed E-state index contributed by atoms with van der Waals surface area (Å²) in [6.45, 7) is 3.21. The molecule has 2 aromatic heterocycles. The van der Waals surface area contributed by atoms with Gasteiger partial charge in [0.1, 0.15) is 0 Å². The molecule has 9 nitrogen and oxygen atoms in total. The molecule has 0 radical (unpaired) electrons. The SMILES string of the molecule is CC(=O)N(CCCc1cnc[nH]1)CC(=O)N1CCc2nc(NC3Cc4ccccc4C3)ncc2C1. The van der Waals surface area contributed by atoms with Crippen LogP contribution in [0.4, 0.5) is 5.95 Å². The zero-order chi connectivity index (χ0) is 24.2. The lowest BCUT2D eigenvalue weighted by Gasteiger charge is -2.30. The van der Waals surface area contributed by atoms with Gasteiger partial charge in [-0.15, -0.1) is 0 Å². The third-order valence-electron chi connectivity index (χ3n) is 6.87. The second kappa shape index (κ2) is 10.2. The summed E-state index contributed by atoms with van der Waals surface area (Å²) in [7, 11) is 0. The van der Waals surface area contributed by atoms with Gasteiger partial charge in [0.2, 0.25) is 17.8 Å². The fraction of sp³-hybridized carbons (Fsp3) is 0.423. The van der Waals surface area contributed by atoms with Crippen molar-refractivity contribution in [1.29, 1.82) is 0 Å². The van der Waals surface area contributed by atoms with Crippen LogP contribution >= 0.6 is 0 Å². The van der Waals surface area contributed by atoms with Crippen molar-refractivity contribution >= 4 is 17.8 Å². The Balaban J connectivity index is 1.14. The van der Waals surface area contributed by atoms with Gasteiger partial charge in [-0.2, -0.15) is 0 Å². The number of nitrogens with one attached hydrogen (secondary N) is 2. The van der Waals surface area contributed by atoms with Gasteiger partial charge in [0.25, 0.3) is 0 Å². The first kappa shape index (κ1) is 23.0. The Morgan fingerprint density at radius 3 is 2.69 bits per heavy atom. The van der Waals surface area contributed by atoms with E-state index in [9.17, 15) is 9.59 Å². The lowest BCUT2D eigenvalue weighted by atomic mass is 10.1. The number of anilines is 1. The maximum atomic E-state index is 13.0. The summed E-state index contributed by atoms with van der Waals surface area (Å²) in [5, 5.41) is 3.49. The van der Waals surface area contributed by atoms with Crippen molar-refractivity contribution < 1.29 is 9.59 Å². The lowest BCUT2D eigenvalue weighted by molar-refractivity contribution is -0.140. The molecule has 2 aliphatic rings. The number of benzene rings is 1. The Bertz CT molecular complexity index is 1170. The normalized spacial score (nSPS) is 14.9. The van der Waals surface area contributed by atoms with Gasteiger partial charge in [-0.05, 0) is 36.8 Å². The molecule has 0 unspecified atom stereocenters. The second-order valence-electron chi connectivity index (χ2n) is 9.37. The molecule has 0 bridgehead atoms. The predicted octanol–water partition coefficient (Wildman–Crippen LogP) is 2.14. The van der Waals surface area contributed by atoms with Gasteiger partial charge < -0.3 is 20.1 Å². The molecule has 5 rings (SSSR count). The molecule has 35 heavy (non-hydrogen) atoms. The summed E-state index contributed by atoms with van der Waals surface area (Å²) in [4.78, 5) is 44.9. The first-order valence-electron chi connectivity index (χ1n) is 12.2. The van der Waals surface area contributed by atoms with E-state index in [4.69, 9.17) is 4.98 Å². The molecule has 182 valence electrons. The van der Waals surface area contributed by atoms with Crippen LogP contribution in [-0.2, 0) is 41.8 Å². The molecule has 3 heterocycles. The number of carbonyl (C=O) groups is 2. The number of carbonyl (C=O) groups excluding carboxylic acids is 2. The zero-order valence-electron chi connectivity index (χ0n) is 20.0. The molecule has 1 aromatic carbocycles. The van der Waals surface area contributed by atoms with E-state index in [0.29, 0.717) is 38.0 Å². The lowest BCUT2D eigenvalue weighted by Crippen LogP contribution is -2.44. The summed E-state index contributed by atoms with van der Waals surface area (Å²) < 4.78 is 0. The van der Waals surface area contributed by atoms with E-state index in [2.05, 4.69) is 44.5 Å². The van der Waals surface area contributed by atoms with Crippen LogP contribution in [-0.4, -0.2) is 67.2 Å². The second-order valence-corrected chi connectivity index (χ2v) is 9.37. The van der Waals surface area contributed by atoms with Crippen LogP contribution in [0.5, 0.6) is 0 Å². The molecular formula is C26H31N7O2. The number of fused-ring (bicyclic) bond motifs is 2. The van der Waals surface area contributed by atoms with Crippen molar-refractivity contribution in [2.24, 2.45) is 0 Å². The van der Waals surface area contributed by atoms with E-state index in [0.717, 1.165) is 42.6 Å². The van der Waals surface area contributed by atoms with Gasteiger partial charge in [0.05, 0.1) is 18.6 Å². The smallest absolute Gasteiger partial charge is 0.242 e. The molecule has 0 spiro atoms. The standard InChI is InChI=1S/C26H31N7O2/c1-18(34)32(9-4-7-22-14-27-17-29-22)16-25(35)33-10-8-24-21(15-33)13-28-26(31-24)30-23-11-19-5-2-3-6-20(19)12-23/h2-3,5-6,13-14,17,23H,4,7-12,15-16H2,1H3,(H,27,29)(H,28,30,31). The van der Waals surface area contributed by atoms with Gasteiger partial charge in [-0.1, -0.05) is 24.3 Å². The number of nitrogens with zero attached hydrogens (tertiary/aromatic N) is 5. The highest BCUT2D eigenvalue weighted by Gasteiger charge is 2.26. The van der Waals surface area contributed by atoms with Gasteiger partial charge in [0.15, 0.2) is 0 Å². The molecule has 0 saturated heterocycles. The van der Waals surface area contributed by atoms with Crippen LogP contribution in [0, 0.1) is 0 Å². The van der Waals surface area contributed by atoms with E-state index in [1.807, 2.05) is 6.20 Å². The van der Waals surface area contributed by atoms with Crippen molar-refractivity contribution in [3.63, 3.8) is 0 Å². The van der Waals surface area contributed by atoms with E-state index in [1.165, 1.54) is 18.1 Å². The Kier molecular flexibility index (Phi) is 6.74. The van der Waals surface area contributed by atoms with Crippen LogP contribution in [0.15, 0.2) is 43.0 Å². The average Bonchev–Trinajstić information content (AvgIpc) is 3.52. The number of aryl methyl sites for hydroxylation is 1. The fourth-order valence-electron chi connectivity index (χ4n) is 4.93. The van der Waals surface area contributed by atoms with Crippen LogP contribution in [0.1, 0.15) is 41.4 Å². The van der Waals surface area contributed by atoms with Gasteiger partial charge in [-0.25, -0.2) is 15.0 Å². The number of rotatable bonds is 8. The maximum absolute atomic E-state index is 13.0. The number of amides is 2. The Morgan fingerprint density at radius 2 is 1.97 bits per heavy atom. The average molecular weight is 474 g/mol. The van der Waals surface area contributed by atoms with Crippen molar-refractivity contribution in [3.05, 3.63) is 71.1 Å². The number of hydrogen-bond acceptors (Lipinski definition) is 6. The van der Waals surface area contributed by atoms with E-state index in [-0.39, 0.29) is 18.4 Å². The minimum Gasteiger partial charge on any atom is -0.351 e. The number of aromatic nitrogens is 4. The Hall–Kier alpha value is -3.75. The molecule has 3 aromatic rings. The van der Waals surface area contributed by atoms with Gasteiger partial charge in [0, 0.05) is 62.7 Å². The minimum absolute atomic E-state index is 0.0432. The summed E-state index contributed by atoms with van der Waals surface area (Å²) in [5.41, 5.74) is 5.76. The molecule has 2 amide bonds. The minimum atomic E-state index is -0.0894. The van der Waals surface area contributed by atoms with Crippen molar-refractivity contribution in [3.8, 4) is 0 Å². The molecule has 1 aliphatic carbocycles. The number of aromatic amines is 1. The summed E-state index contributed by atoms with van der Waals surface area (Å²) >= 11 is 0. The Labute approximate surface area is 205 Å². The third-order valence-corrected chi connectivity index (χ3v) is 6.87. The summed E-state index contributed by atoms with van der Waals surface area (Å²) in [6, 6.07) is 8.84. The first-order chi connectivity index (χ1) is 17.0. The summed E-state index contributed by atoms with van der Waals surface area (Å²) in [6.07, 6.45) is 9.46. The number of H-pyrrole nitrogens is 1. The van der Waals surface area contributed by atoms with Gasteiger partial charge >= 0.3 is 0 Å². The molecule has 0 fully saturated rings. The van der Waals surface area contributed by atoms with Crippen LogP contribution in [0.2, 0.25) is 0 Å².